The first-order chi connectivity index (χ1) is 8.13. The lowest BCUT2D eigenvalue weighted by Crippen LogP contribution is -2.69. The summed E-state index contributed by atoms with van der Waals surface area (Å²) in [6, 6.07) is 0.0638. The number of ether oxygens (including phenoxy) is 2. The molecule has 1 saturated heterocycles. The molecule has 0 spiro atoms. The molecule has 0 aromatic heterocycles. The Balaban J connectivity index is 1.75. The zero-order chi connectivity index (χ0) is 12.4. The van der Waals surface area contributed by atoms with Crippen molar-refractivity contribution in [2.24, 2.45) is 17.6 Å². The van der Waals surface area contributed by atoms with Gasteiger partial charge in [-0.15, -0.1) is 0 Å². The largest absolute Gasteiger partial charge is 0.384 e. The summed E-state index contributed by atoms with van der Waals surface area (Å²) < 4.78 is 10.6. The van der Waals surface area contributed by atoms with Gasteiger partial charge in [0.05, 0.1) is 12.1 Å². The van der Waals surface area contributed by atoms with Crippen molar-refractivity contribution in [2.45, 2.75) is 38.0 Å². The maximum absolute atomic E-state index is 11.8. The summed E-state index contributed by atoms with van der Waals surface area (Å²) in [4.78, 5) is 11.8. The van der Waals surface area contributed by atoms with Crippen molar-refractivity contribution in [3.05, 3.63) is 0 Å². The number of nitrogens with one attached hydrogen (secondary N) is 1. The van der Waals surface area contributed by atoms with Crippen LogP contribution < -0.4 is 11.1 Å². The lowest BCUT2D eigenvalue weighted by molar-refractivity contribution is -0.126. The lowest BCUT2D eigenvalue weighted by Gasteiger charge is -2.45. The maximum atomic E-state index is 11.8. The van der Waals surface area contributed by atoms with Gasteiger partial charge in [0.2, 0.25) is 5.91 Å². The van der Waals surface area contributed by atoms with Gasteiger partial charge in [0.25, 0.3) is 0 Å². The first kappa shape index (κ1) is 12.8. The SMILES string of the molecule is COCC(C)CC(=O)NC1C(N)C2CCOC21. The van der Waals surface area contributed by atoms with Crippen molar-refractivity contribution < 1.29 is 14.3 Å². The van der Waals surface area contributed by atoms with E-state index in [4.69, 9.17) is 15.2 Å². The number of nitrogens with two attached hydrogens (primary N) is 1. The van der Waals surface area contributed by atoms with Crippen LogP contribution in [0.15, 0.2) is 0 Å². The Kier molecular flexibility index (Phi) is 4.01. The Morgan fingerprint density at radius 1 is 1.65 bits per heavy atom. The van der Waals surface area contributed by atoms with Crippen LogP contribution in [-0.2, 0) is 14.3 Å². The number of fused-ring (bicyclic) bond motifs is 1. The molecule has 5 atom stereocenters. The number of rotatable bonds is 5. The van der Waals surface area contributed by atoms with Gasteiger partial charge in [-0.1, -0.05) is 6.92 Å². The second-order valence-corrected chi connectivity index (χ2v) is 5.22. The van der Waals surface area contributed by atoms with Gasteiger partial charge >= 0.3 is 0 Å². The third-order valence-corrected chi connectivity index (χ3v) is 3.76. The number of amides is 1. The second-order valence-electron chi connectivity index (χ2n) is 5.22. The highest BCUT2D eigenvalue weighted by molar-refractivity contribution is 5.76. The van der Waals surface area contributed by atoms with E-state index in [9.17, 15) is 4.79 Å². The molecule has 5 unspecified atom stereocenters. The molecule has 0 bridgehead atoms. The molecular weight excluding hydrogens is 220 g/mol. The van der Waals surface area contributed by atoms with Crippen LogP contribution in [0, 0.1) is 11.8 Å². The third-order valence-electron chi connectivity index (χ3n) is 3.76. The van der Waals surface area contributed by atoms with E-state index in [1.165, 1.54) is 0 Å². The number of carbonyl (C=O) groups excluding carboxylic acids is 1. The fourth-order valence-corrected chi connectivity index (χ4v) is 2.83. The predicted octanol–water partition coefficient (Wildman–Crippen LogP) is -0.110. The van der Waals surface area contributed by atoms with Crippen LogP contribution in [-0.4, -0.2) is 44.4 Å². The topological polar surface area (TPSA) is 73.6 Å². The molecule has 1 heterocycles. The molecule has 1 saturated carbocycles. The van der Waals surface area contributed by atoms with Gasteiger partial charge in [-0.25, -0.2) is 0 Å². The van der Waals surface area contributed by atoms with Crippen molar-refractivity contribution in [1.29, 1.82) is 0 Å². The van der Waals surface area contributed by atoms with E-state index < -0.39 is 0 Å². The maximum Gasteiger partial charge on any atom is 0.220 e. The molecule has 5 nitrogen and oxygen atoms in total. The Bertz CT molecular complexity index is 285. The minimum atomic E-state index is 0.00439. The predicted molar refractivity (Wildman–Crippen MR) is 63.4 cm³/mol. The molecule has 2 aliphatic rings. The Morgan fingerprint density at radius 3 is 3.12 bits per heavy atom. The van der Waals surface area contributed by atoms with Gasteiger partial charge in [-0.2, -0.15) is 0 Å². The highest BCUT2D eigenvalue weighted by Gasteiger charge is 2.52. The van der Waals surface area contributed by atoms with Gasteiger partial charge in [-0.05, 0) is 12.3 Å². The van der Waals surface area contributed by atoms with Gasteiger partial charge < -0.3 is 20.5 Å². The van der Waals surface area contributed by atoms with Crippen LogP contribution in [0.1, 0.15) is 19.8 Å². The molecule has 1 aliphatic carbocycles. The van der Waals surface area contributed by atoms with Crippen molar-refractivity contribution in [2.75, 3.05) is 20.3 Å². The molecule has 0 aromatic carbocycles. The molecule has 1 amide bonds. The number of carbonyl (C=O) groups is 1. The van der Waals surface area contributed by atoms with E-state index in [1.54, 1.807) is 7.11 Å². The van der Waals surface area contributed by atoms with Gasteiger partial charge in [-0.3, -0.25) is 4.79 Å². The van der Waals surface area contributed by atoms with Crippen molar-refractivity contribution in [3.8, 4) is 0 Å². The van der Waals surface area contributed by atoms with Crippen LogP contribution in [0.25, 0.3) is 0 Å². The lowest BCUT2D eigenvalue weighted by atomic mass is 9.72. The van der Waals surface area contributed by atoms with Crippen molar-refractivity contribution in [1.82, 2.24) is 5.32 Å². The molecule has 1 aliphatic heterocycles. The van der Waals surface area contributed by atoms with Crippen LogP contribution in [0.5, 0.6) is 0 Å². The van der Waals surface area contributed by atoms with Crippen LogP contribution >= 0.6 is 0 Å². The molecule has 0 radical (unpaired) electrons. The number of hydrogen-bond acceptors (Lipinski definition) is 4. The zero-order valence-corrected chi connectivity index (χ0v) is 10.5. The van der Waals surface area contributed by atoms with E-state index >= 15 is 0 Å². The Morgan fingerprint density at radius 2 is 2.41 bits per heavy atom. The van der Waals surface area contributed by atoms with Crippen molar-refractivity contribution >= 4 is 5.91 Å². The van der Waals surface area contributed by atoms with Gasteiger partial charge in [0.15, 0.2) is 0 Å². The van der Waals surface area contributed by atoms with E-state index in [1.807, 2.05) is 6.92 Å². The van der Waals surface area contributed by atoms with E-state index in [2.05, 4.69) is 5.32 Å². The summed E-state index contributed by atoms with van der Waals surface area (Å²) in [6.07, 6.45) is 1.65. The van der Waals surface area contributed by atoms with E-state index in [-0.39, 0.29) is 30.0 Å². The molecular formula is C12H22N2O3. The summed E-state index contributed by atoms with van der Waals surface area (Å²) >= 11 is 0. The molecule has 0 aromatic rings. The van der Waals surface area contributed by atoms with Gasteiger partial charge in [0.1, 0.15) is 0 Å². The highest BCUT2D eigenvalue weighted by Crippen LogP contribution is 2.37. The number of methoxy groups -OCH3 is 1. The van der Waals surface area contributed by atoms with E-state index in [0.29, 0.717) is 18.9 Å². The van der Waals surface area contributed by atoms with Gasteiger partial charge in [0, 0.05) is 38.7 Å². The first-order valence-corrected chi connectivity index (χ1v) is 6.29. The summed E-state index contributed by atoms with van der Waals surface area (Å²) in [5.74, 6) is 0.720. The molecule has 5 heteroatoms. The van der Waals surface area contributed by atoms with Crippen LogP contribution in [0.2, 0.25) is 0 Å². The van der Waals surface area contributed by atoms with E-state index in [0.717, 1.165) is 13.0 Å². The molecule has 98 valence electrons. The minimum Gasteiger partial charge on any atom is -0.384 e. The monoisotopic (exact) mass is 242 g/mol. The Hall–Kier alpha value is -0.650. The summed E-state index contributed by atoms with van der Waals surface area (Å²) in [5, 5.41) is 2.98. The fraction of sp³-hybridized carbons (Fsp3) is 0.917. The fourth-order valence-electron chi connectivity index (χ4n) is 2.83. The third kappa shape index (κ3) is 2.61. The molecule has 2 fully saturated rings. The van der Waals surface area contributed by atoms with Crippen molar-refractivity contribution in [3.63, 3.8) is 0 Å². The normalized spacial score (nSPS) is 37.1. The quantitative estimate of drug-likeness (QED) is 0.705. The molecule has 17 heavy (non-hydrogen) atoms. The highest BCUT2D eigenvalue weighted by atomic mass is 16.5. The number of hydrogen-bond donors (Lipinski definition) is 2. The minimum absolute atomic E-state index is 0.00439. The summed E-state index contributed by atoms with van der Waals surface area (Å²) in [7, 11) is 1.65. The second kappa shape index (κ2) is 5.33. The summed E-state index contributed by atoms with van der Waals surface area (Å²) in [5.41, 5.74) is 6.03. The standard InChI is InChI=1S/C12H22N2O3/c1-7(6-16-2)5-9(15)14-11-10(13)8-3-4-17-12(8)11/h7-8,10-12H,3-6,13H2,1-2H3,(H,14,15). The van der Waals surface area contributed by atoms with Crippen LogP contribution in [0.3, 0.4) is 0 Å². The molecule has 3 N–H and O–H groups in total. The van der Waals surface area contributed by atoms with Crippen LogP contribution in [0.4, 0.5) is 0 Å². The Labute approximate surface area is 102 Å². The average Bonchev–Trinajstić information content (AvgIpc) is 2.70. The smallest absolute Gasteiger partial charge is 0.220 e. The molecule has 2 rings (SSSR count). The zero-order valence-electron chi connectivity index (χ0n) is 10.5. The summed E-state index contributed by atoms with van der Waals surface area (Å²) in [6.45, 7) is 3.38. The average molecular weight is 242 g/mol. The first-order valence-electron chi connectivity index (χ1n) is 6.29.